The fourth-order valence-corrected chi connectivity index (χ4v) is 3.83. The van der Waals surface area contributed by atoms with Crippen LogP contribution in [0.4, 0.5) is 11.5 Å². The summed E-state index contributed by atoms with van der Waals surface area (Å²) in [6, 6.07) is 15.9. The number of nitrogens with one attached hydrogen (secondary N) is 1. The van der Waals surface area contributed by atoms with E-state index in [1.807, 2.05) is 42.5 Å². The van der Waals surface area contributed by atoms with Gasteiger partial charge < -0.3 is 21.4 Å². The number of aromatic nitrogens is 3. The van der Waals surface area contributed by atoms with Gasteiger partial charge in [0.15, 0.2) is 5.82 Å². The number of amides is 1. The normalized spacial score (nSPS) is 11.3. The molecule has 5 N–H and O–H groups in total. The molecule has 0 aliphatic carbocycles. The summed E-state index contributed by atoms with van der Waals surface area (Å²) in [5, 5.41) is 3.92. The lowest BCUT2D eigenvalue weighted by atomic mass is 10.1. The molecule has 2 aromatic heterocycles. The number of benzene rings is 2. The maximum atomic E-state index is 11.8. The smallest absolute Gasteiger partial charge is 0.225 e. The van der Waals surface area contributed by atoms with Gasteiger partial charge in [0, 0.05) is 37.0 Å². The fourth-order valence-electron chi connectivity index (χ4n) is 3.83. The summed E-state index contributed by atoms with van der Waals surface area (Å²) < 4.78 is 2.26. The minimum Gasteiger partial charge on any atom is -0.382 e. The number of nitrogen functional groups attached to an aromatic ring is 1. The van der Waals surface area contributed by atoms with E-state index < -0.39 is 0 Å². The molecule has 0 aliphatic heterocycles. The summed E-state index contributed by atoms with van der Waals surface area (Å²) >= 11 is 0. The number of carbonyl (C=O) groups excluding carboxylic acids is 1. The third-order valence-corrected chi connectivity index (χ3v) is 5.39. The summed E-state index contributed by atoms with van der Waals surface area (Å²) in [5.74, 6) is 1.40. The topological polar surface area (TPSA) is 112 Å². The van der Waals surface area contributed by atoms with Gasteiger partial charge in [-0.2, -0.15) is 0 Å². The van der Waals surface area contributed by atoms with Crippen LogP contribution < -0.4 is 16.8 Å². The number of carbonyl (C=O) groups is 1. The molecule has 7 heteroatoms. The maximum Gasteiger partial charge on any atom is 0.225 e. The van der Waals surface area contributed by atoms with E-state index in [9.17, 15) is 4.79 Å². The van der Waals surface area contributed by atoms with Crippen molar-refractivity contribution < 1.29 is 4.79 Å². The summed E-state index contributed by atoms with van der Waals surface area (Å²) in [7, 11) is 0. The molecule has 4 aromatic rings. The Morgan fingerprint density at radius 2 is 1.87 bits per heavy atom. The average molecular weight is 417 g/mol. The van der Waals surface area contributed by atoms with Crippen LogP contribution in [0.15, 0.2) is 48.5 Å². The molecular weight excluding hydrogens is 388 g/mol. The molecule has 0 radical (unpaired) electrons. The molecule has 0 unspecified atom stereocenters. The standard InChI is InChI=1S/C24H28N6O/c1-2-3-8-20-29-22-23(18-6-4-5-7-19(18)28-24(22)26)30(20)15-16-9-11-17(12-10-16)27-21(31)13-14-25/h4-7,9-12H,2-3,8,13-15,25H2,1H3,(H2,26,28)(H,27,31). The Balaban J connectivity index is 1.74. The highest BCUT2D eigenvalue weighted by atomic mass is 16.1. The van der Waals surface area contributed by atoms with Crippen molar-refractivity contribution in [1.29, 1.82) is 0 Å². The van der Waals surface area contributed by atoms with Crippen LogP contribution in [0.25, 0.3) is 21.9 Å². The zero-order valence-corrected chi connectivity index (χ0v) is 17.8. The summed E-state index contributed by atoms with van der Waals surface area (Å²) in [6.45, 7) is 3.18. The first-order valence-corrected chi connectivity index (χ1v) is 10.7. The van der Waals surface area contributed by atoms with Gasteiger partial charge in [0.1, 0.15) is 11.3 Å². The molecule has 0 bridgehead atoms. The number of fused-ring (bicyclic) bond motifs is 3. The van der Waals surface area contributed by atoms with Crippen LogP contribution in [0, 0.1) is 0 Å². The van der Waals surface area contributed by atoms with Gasteiger partial charge in [-0.15, -0.1) is 0 Å². The lowest BCUT2D eigenvalue weighted by Gasteiger charge is -2.12. The largest absolute Gasteiger partial charge is 0.382 e. The monoisotopic (exact) mass is 416 g/mol. The Morgan fingerprint density at radius 1 is 1.10 bits per heavy atom. The second kappa shape index (κ2) is 9.14. The lowest BCUT2D eigenvalue weighted by Crippen LogP contribution is -2.16. The van der Waals surface area contributed by atoms with E-state index in [2.05, 4.69) is 27.9 Å². The van der Waals surface area contributed by atoms with Gasteiger partial charge in [-0.1, -0.05) is 43.7 Å². The molecule has 31 heavy (non-hydrogen) atoms. The second-order valence-corrected chi connectivity index (χ2v) is 7.71. The minimum atomic E-state index is -0.0767. The van der Waals surface area contributed by atoms with Gasteiger partial charge in [0.2, 0.25) is 5.91 Å². The average Bonchev–Trinajstić information content (AvgIpc) is 3.13. The molecule has 4 rings (SSSR count). The number of imidazole rings is 1. The third kappa shape index (κ3) is 4.36. The van der Waals surface area contributed by atoms with E-state index >= 15 is 0 Å². The molecule has 160 valence electrons. The van der Waals surface area contributed by atoms with Crippen LogP contribution in [0.1, 0.15) is 37.6 Å². The number of anilines is 2. The summed E-state index contributed by atoms with van der Waals surface area (Å²) in [4.78, 5) is 21.2. The van der Waals surface area contributed by atoms with Crippen LogP contribution in [0.5, 0.6) is 0 Å². The van der Waals surface area contributed by atoms with Crippen molar-refractivity contribution in [3.8, 4) is 0 Å². The highest BCUT2D eigenvalue weighted by Gasteiger charge is 2.17. The molecule has 0 spiro atoms. The number of hydrogen-bond acceptors (Lipinski definition) is 5. The highest BCUT2D eigenvalue weighted by Crippen LogP contribution is 2.30. The molecule has 0 aliphatic rings. The van der Waals surface area contributed by atoms with E-state index in [1.54, 1.807) is 0 Å². The van der Waals surface area contributed by atoms with Gasteiger partial charge in [-0.05, 0) is 30.2 Å². The van der Waals surface area contributed by atoms with Crippen molar-refractivity contribution in [3.63, 3.8) is 0 Å². The van der Waals surface area contributed by atoms with Crippen LogP contribution in [-0.4, -0.2) is 27.0 Å². The van der Waals surface area contributed by atoms with Crippen LogP contribution in [0.3, 0.4) is 0 Å². The number of nitrogens with zero attached hydrogens (tertiary/aromatic N) is 3. The number of rotatable bonds is 8. The molecule has 1 amide bonds. The number of para-hydroxylation sites is 1. The van der Waals surface area contributed by atoms with Gasteiger partial charge in [-0.25, -0.2) is 9.97 Å². The molecule has 0 fully saturated rings. The molecule has 0 atom stereocenters. The number of nitrogens with two attached hydrogens (primary N) is 2. The number of unbranched alkanes of at least 4 members (excludes halogenated alkanes) is 1. The molecule has 0 saturated carbocycles. The van der Waals surface area contributed by atoms with Gasteiger partial charge in [0.25, 0.3) is 0 Å². The second-order valence-electron chi connectivity index (χ2n) is 7.71. The zero-order valence-electron chi connectivity index (χ0n) is 17.8. The first-order chi connectivity index (χ1) is 15.1. The Morgan fingerprint density at radius 3 is 2.61 bits per heavy atom. The van der Waals surface area contributed by atoms with Crippen molar-refractivity contribution in [1.82, 2.24) is 14.5 Å². The van der Waals surface area contributed by atoms with E-state index in [0.717, 1.165) is 58.3 Å². The first kappa shape index (κ1) is 20.8. The van der Waals surface area contributed by atoms with E-state index in [0.29, 0.717) is 25.3 Å². The van der Waals surface area contributed by atoms with Crippen molar-refractivity contribution in [2.75, 3.05) is 17.6 Å². The number of hydrogen-bond donors (Lipinski definition) is 3. The molecular formula is C24H28N6O. The van der Waals surface area contributed by atoms with Crippen LogP contribution in [0.2, 0.25) is 0 Å². The number of aryl methyl sites for hydroxylation is 1. The highest BCUT2D eigenvalue weighted by molar-refractivity contribution is 6.06. The van der Waals surface area contributed by atoms with Crippen molar-refractivity contribution in [2.24, 2.45) is 5.73 Å². The third-order valence-electron chi connectivity index (χ3n) is 5.39. The van der Waals surface area contributed by atoms with E-state index in [4.69, 9.17) is 16.5 Å². The van der Waals surface area contributed by atoms with E-state index in [1.165, 1.54) is 0 Å². The predicted molar refractivity (Wildman–Crippen MR) is 126 cm³/mol. The van der Waals surface area contributed by atoms with Crippen molar-refractivity contribution >= 4 is 39.3 Å². The van der Waals surface area contributed by atoms with Crippen LogP contribution in [-0.2, 0) is 17.8 Å². The Labute approximate surface area is 181 Å². The van der Waals surface area contributed by atoms with Gasteiger partial charge in [-0.3, -0.25) is 4.79 Å². The minimum absolute atomic E-state index is 0.0767. The quantitative estimate of drug-likeness (QED) is 0.404. The van der Waals surface area contributed by atoms with Crippen molar-refractivity contribution in [2.45, 2.75) is 39.2 Å². The van der Waals surface area contributed by atoms with Crippen LogP contribution >= 0.6 is 0 Å². The Bertz CT molecular complexity index is 1210. The molecule has 2 aromatic carbocycles. The molecule has 7 nitrogen and oxygen atoms in total. The Hall–Kier alpha value is -3.45. The number of pyridine rings is 1. The zero-order chi connectivity index (χ0) is 21.8. The molecule has 0 saturated heterocycles. The fraction of sp³-hybridized carbons (Fsp3) is 0.292. The summed E-state index contributed by atoms with van der Waals surface area (Å²) in [5.41, 5.74) is 16.3. The van der Waals surface area contributed by atoms with Gasteiger partial charge >= 0.3 is 0 Å². The maximum absolute atomic E-state index is 11.8. The van der Waals surface area contributed by atoms with Crippen molar-refractivity contribution in [3.05, 3.63) is 59.9 Å². The molecule has 2 heterocycles. The van der Waals surface area contributed by atoms with E-state index in [-0.39, 0.29) is 5.91 Å². The Kier molecular flexibility index (Phi) is 6.13. The first-order valence-electron chi connectivity index (χ1n) is 10.7. The predicted octanol–water partition coefficient (Wildman–Crippen LogP) is 3.84. The SMILES string of the molecule is CCCCc1nc2c(N)nc3ccccc3c2n1Cc1ccc(NC(=O)CCN)cc1. The lowest BCUT2D eigenvalue weighted by molar-refractivity contribution is -0.116. The summed E-state index contributed by atoms with van der Waals surface area (Å²) in [6.07, 6.45) is 3.34. The van der Waals surface area contributed by atoms with Gasteiger partial charge in [0.05, 0.1) is 11.0 Å².